The molecular formula is C23H21NO3S. The Kier molecular flexibility index (Phi) is 4.77. The van der Waals surface area contributed by atoms with E-state index in [4.69, 9.17) is 0 Å². The van der Waals surface area contributed by atoms with Crippen molar-refractivity contribution in [2.24, 2.45) is 0 Å². The maximum absolute atomic E-state index is 12.9. The largest absolute Gasteiger partial charge is 0.309 e. The van der Waals surface area contributed by atoms with Crippen molar-refractivity contribution < 1.29 is 13.2 Å². The predicted octanol–water partition coefficient (Wildman–Crippen LogP) is 4.24. The summed E-state index contributed by atoms with van der Waals surface area (Å²) in [5.74, 6) is -0.0963. The Morgan fingerprint density at radius 3 is 2.64 bits per heavy atom. The SMILES string of the molecule is CS(=O)(=O)c1ccc2c(c1)CCCN2C(=O)/C=C/c1cccc2ccccc12. The van der Waals surface area contributed by atoms with Gasteiger partial charge in [0.25, 0.3) is 5.91 Å². The van der Waals surface area contributed by atoms with Crippen LogP contribution in [0.5, 0.6) is 0 Å². The van der Waals surface area contributed by atoms with Crippen LogP contribution in [0.1, 0.15) is 17.5 Å². The molecule has 1 aliphatic rings. The van der Waals surface area contributed by atoms with Crippen molar-refractivity contribution in [2.45, 2.75) is 17.7 Å². The van der Waals surface area contributed by atoms with Crippen LogP contribution in [0.4, 0.5) is 5.69 Å². The Balaban J connectivity index is 1.64. The number of hydrogen-bond donors (Lipinski definition) is 0. The first-order chi connectivity index (χ1) is 13.4. The number of fused-ring (bicyclic) bond motifs is 2. The first kappa shape index (κ1) is 18.4. The van der Waals surface area contributed by atoms with Crippen LogP contribution in [0.15, 0.2) is 71.6 Å². The molecule has 0 fully saturated rings. The maximum Gasteiger partial charge on any atom is 0.250 e. The highest BCUT2D eigenvalue weighted by molar-refractivity contribution is 7.90. The molecule has 4 nitrogen and oxygen atoms in total. The summed E-state index contributed by atoms with van der Waals surface area (Å²) in [7, 11) is -3.26. The Hall–Kier alpha value is -2.92. The number of carbonyl (C=O) groups excluding carboxylic acids is 1. The van der Waals surface area contributed by atoms with Gasteiger partial charge < -0.3 is 4.90 Å². The van der Waals surface area contributed by atoms with Gasteiger partial charge in [0.1, 0.15) is 0 Å². The van der Waals surface area contributed by atoms with Gasteiger partial charge in [-0.25, -0.2) is 8.42 Å². The van der Waals surface area contributed by atoms with Crippen LogP contribution in [0, 0.1) is 0 Å². The molecule has 4 rings (SSSR count). The first-order valence-electron chi connectivity index (χ1n) is 9.24. The molecule has 1 amide bonds. The van der Waals surface area contributed by atoms with Crippen LogP contribution < -0.4 is 4.90 Å². The highest BCUT2D eigenvalue weighted by Gasteiger charge is 2.22. The summed E-state index contributed by atoms with van der Waals surface area (Å²) >= 11 is 0. The monoisotopic (exact) mass is 391 g/mol. The lowest BCUT2D eigenvalue weighted by Crippen LogP contribution is -2.34. The van der Waals surface area contributed by atoms with Gasteiger partial charge in [0.05, 0.1) is 4.90 Å². The summed E-state index contributed by atoms with van der Waals surface area (Å²) in [6.07, 6.45) is 6.24. The van der Waals surface area contributed by atoms with E-state index in [1.807, 2.05) is 36.4 Å². The van der Waals surface area contributed by atoms with Gasteiger partial charge >= 0.3 is 0 Å². The highest BCUT2D eigenvalue weighted by atomic mass is 32.2. The molecule has 0 aromatic heterocycles. The fraction of sp³-hybridized carbons (Fsp3) is 0.174. The third-order valence-electron chi connectivity index (χ3n) is 5.09. The van der Waals surface area contributed by atoms with Gasteiger partial charge in [-0.1, -0.05) is 42.5 Å². The third-order valence-corrected chi connectivity index (χ3v) is 6.20. The average Bonchev–Trinajstić information content (AvgIpc) is 2.70. The lowest BCUT2D eigenvalue weighted by Gasteiger charge is -2.29. The summed E-state index contributed by atoms with van der Waals surface area (Å²) in [4.78, 5) is 14.9. The summed E-state index contributed by atoms with van der Waals surface area (Å²) < 4.78 is 23.6. The number of rotatable bonds is 3. The van der Waals surface area contributed by atoms with Crippen molar-refractivity contribution in [3.63, 3.8) is 0 Å². The molecule has 0 radical (unpaired) electrons. The zero-order valence-corrected chi connectivity index (χ0v) is 16.4. The molecule has 0 bridgehead atoms. The van der Waals surface area contributed by atoms with Crippen LogP contribution in [0.2, 0.25) is 0 Å². The lowest BCUT2D eigenvalue weighted by atomic mass is 10.0. The van der Waals surface area contributed by atoms with Crippen LogP contribution in [0.3, 0.4) is 0 Å². The summed E-state index contributed by atoms with van der Waals surface area (Å²) in [5.41, 5.74) is 2.70. The number of amides is 1. The topological polar surface area (TPSA) is 54.5 Å². The van der Waals surface area contributed by atoms with Crippen molar-refractivity contribution in [2.75, 3.05) is 17.7 Å². The fourth-order valence-corrected chi connectivity index (χ4v) is 4.35. The van der Waals surface area contributed by atoms with Gasteiger partial charge in [-0.15, -0.1) is 0 Å². The number of sulfone groups is 1. The van der Waals surface area contributed by atoms with Gasteiger partial charge in [0.15, 0.2) is 9.84 Å². The summed E-state index contributed by atoms with van der Waals surface area (Å²) in [5, 5.41) is 2.24. The molecule has 0 unspecified atom stereocenters. The third kappa shape index (κ3) is 3.58. The molecule has 5 heteroatoms. The van der Waals surface area contributed by atoms with E-state index in [1.165, 1.54) is 6.26 Å². The van der Waals surface area contributed by atoms with Gasteiger partial charge in [-0.05, 0) is 59.0 Å². The van der Waals surface area contributed by atoms with Gasteiger partial charge in [0, 0.05) is 24.6 Å². The Labute approximate surface area is 165 Å². The Morgan fingerprint density at radius 1 is 1.04 bits per heavy atom. The molecule has 0 spiro atoms. The minimum absolute atomic E-state index is 0.0963. The van der Waals surface area contributed by atoms with E-state index < -0.39 is 9.84 Å². The van der Waals surface area contributed by atoms with E-state index in [9.17, 15) is 13.2 Å². The average molecular weight is 391 g/mol. The zero-order valence-electron chi connectivity index (χ0n) is 15.6. The normalized spacial score (nSPS) is 14.4. The molecule has 142 valence electrons. The standard InChI is InChI=1S/C23H21NO3S/c1-28(26,27)20-12-13-22-19(16-20)9-5-15-24(22)23(25)14-11-18-8-4-7-17-6-2-3-10-21(17)18/h2-4,6-8,10-14,16H,5,9,15H2,1H3/b14-11+. The number of carbonyl (C=O) groups is 1. The van der Waals surface area contributed by atoms with Gasteiger partial charge in [0.2, 0.25) is 0 Å². The molecular weight excluding hydrogens is 370 g/mol. The van der Waals surface area contributed by atoms with E-state index in [0.717, 1.165) is 40.4 Å². The van der Waals surface area contributed by atoms with E-state index in [2.05, 4.69) is 12.1 Å². The zero-order chi connectivity index (χ0) is 19.7. The number of hydrogen-bond acceptors (Lipinski definition) is 3. The molecule has 28 heavy (non-hydrogen) atoms. The van der Waals surface area contributed by atoms with Crippen LogP contribution in [-0.2, 0) is 21.1 Å². The second-order valence-electron chi connectivity index (χ2n) is 7.06. The highest BCUT2D eigenvalue weighted by Crippen LogP contribution is 2.30. The number of anilines is 1. The lowest BCUT2D eigenvalue weighted by molar-refractivity contribution is -0.114. The number of nitrogens with zero attached hydrogens (tertiary/aromatic N) is 1. The van der Waals surface area contributed by atoms with E-state index >= 15 is 0 Å². The van der Waals surface area contributed by atoms with Crippen molar-refractivity contribution in [1.29, 1.82) is 0 Å². The second kappa shape index (κ2) is 7.24. The predicted molar refractivity (Wildman–Crippen MR) is 113 cm³/mol. The fourth-order valence-electron chi connectivity index (χ4n) is 3.68. The summed E-state index contributed by atoms with van der Waals surface area (Å²) in [6, 6.07) is 19.1. The Bertz CT molecular complexity index is 1190. The van der Waals surface area contributed by atoms with Gasteiger partial charge in [-0.3, -0.25) is 4.79 Å². The van der Waals surface area contributed by atoms with Crippen molar-refractivity contribution >= 4 is 38.3 Å². The molecule has 0 saturated carbocycles. The van der Waals surface area contributed by atoms with Crippen LogP contribution in [-0.4, -0.2) is 27.1 Å². The van der Waals surface area contributed by atoms with E-state index in [1.54, 1.807) is 29.2 Å². The molecule has 0 N–H and O–H groups in total. The van der Waals surface area contributed by atoms with E-state index in [-0.39, 0.29) is 5.91 Å². The molecule has 1 aliphatic heterocycles. The second-order valence-corrected chi connectivity index (χ2v) is 9.07. The smallest absolute Gasteiger partial charge is 0.250 e. The minimum Gasteiger partial charge on any atom is -0.309 e. The first-order valence-corrected chi connectivity index (χ1v) is 11.1. The number of benzene rings is 3. The molecule has 0 aliphatic carbocycles. The summed E-state index contributed by atoms with van der Waals surface area (Å²) in [6.45, 7) is 0.629. The van der Waals surface area contributed by atoms with Crippen LogP contribution in [0.25, 0.3) is 16.8 Å². The van der Waals surface area contributed by atoms with Crippen molar-refractivity contribution in [3.8, 4) is 0 Å². The van der Waals surface area contributed by atoms with Gasteiger partial charge in [-0.2, -0.15) is 0 Å². The van der Waals surface area contributed by atoms with Crippen LogP contribution >= 0.6 is 0 Å². The molecule has 3 aromatic rings. The molecule has 3 aromatic carbocycles. The van der Waals surface area contributed by atoms with Crippen molar-refractivity contribution in [1.82, 2.24) is 0 Å². The maximum atomic E-state index is 12.9. The quantitative estimate of drug-likeness (QED) is 0.628. The number of aryl methyl sites for hydroxylation is 1. The molecule has 1 heterocycles. The van der Waals surface area contributed by atoms with Crippen molar-refractivity contribution in [3.05, 3.63) is 77.9 Å². The minimum atomic E-state index is -3.26. The molecule has 0 atom stereocenters. The molecule has 0 saturated heterocycles. The Morgan fingerprint density at radius 2 is 1.82 bits per heavy atom. The van der Waals surface area contributed by atoms with E-state index in [0.29, 0.717) is 11.4 Å².